The maximum Gasteiger partial charge on any atom is 0.0561 e. The van der Waals surface area contributed by atoms with Gasteiger partial charge in [-0.1, -0.05) is 12.1 Å². The molecule has 0 aliphatic carbocycles. The van der Waals surface area contributed by atoms with Crippen LogP contribution < -0.4 is 5.32 Å². The molecule has 0 bridgehead atoms. The van der Waals surface area contributed by atoms with Crippen molar-refractivity contribution in [1.82, 2.24) is 15.2 Å². The summed E-state index contributed by atoms with van der Waals surface area (Å²) in [6.45, 7) is 3.11. The molecule has 0 radical (unpaired) electrons. The average Bonchev–Trinajstić information content (AvgIpc) is 2.93. The van der Waals surface area contributed by atoms with Gasteiger partial charge >= 0.3 is 0 Å². The van der Waals surface area contributed by atoms with Gasteiger partial charge in [-0.25, -0.2) is 0 Å². The normalized spacial score (nSPS) is 14.5. The van der Waals surface area contributed by atoms with Crippen LogP contribution in [0.4, 0.5) is 0 Å². The molecule has 0 aliphatic heterocycles. The predicted molar refractivity (Wildman–Crippen MR) is 81.4 cm³/mol. The summed E-state index contributed by atoms with van der Waals surface area (Å²) in [5, 5.41) is 5.73. The zero-order chi connectivity index (χ0) is 13.7. The molecule has 2 unspecified atom stereocenters. The van der Waals surface area contributed by atoms with Crippen molar-refractivity contribution >= 4 is 11.3 Å². The van der Waals surface area contributed by atoms with Gasteiger partial charge in [0.2, 0.25) is 0 Å². The number of hydrogen-bond acceptors (Lipinski definition) is 4. The highest BCUT2D eigenvalue weighted by Crippen LogP contribution is 2.23. The van der Waals surface area contributed by atoms with Crippen LogP contribution in [0.25, 0.3) is 0 Å². The van der Waals surface area contributed by atoms with E-state index in [0.29, 0.717) is 12.1 Å². The molecule has 102 valence electrons. The number of rotatable bonds is 6. The lowest BCUT2D eigenvalue weighted by molar-refractivity contribution is 0.285. The highest BCUT2D eigenvalue weighted by atomic mass is 32.1. The van der Waals surface area contributed by atoms with E-state index in [-0.39, 0.29) is 0 Å². The summed E-state index contributed by atoms with van der Waals surface area (Å²) in [6.07, 6.45) is 3.73. The Morgan fingerprint density at radius 3 is 2.74 bits per heavy atom. The fourth-order valence-electron chi connectivity index (χ4n) is 2.06. The average molecular weight is 275 g/mol. The molecule has 3 nitrogen and oxygen atoms in total. The molecule has 2 aromatic rings. The molecule has 4 heteroatoms. The molecule has 0 fully saturated rings. The van der Waals surface area contributed by atoms with E-state index in [4.69, 9.17) is 0 Å². The number of likely N-dealkylation sites (N-methyl/N-ethyl adjacent to an activating group) is 1. The second kappa shape index (κ2) is 6.80. The van der Waals surface area contributed by atoms with Crippen molar-refractivity contribution in [1.29, 1.82) is 0 Å². The molecule has 2 heterocycles. The van der Waals surface area contributed by atoms with Crippen molar-refractivity contribution in [3.05, 3.63) is 52.5 Å². The first-order chi connectivity index (χ1) is 9.18. The molecule has 0 amide bonds. The van der Waals surface area contributed by atoms with Crippen LogP contribution in [0.3, 0.4) is 0 Å². The first-order valence-electron chi connectivity index (χ1n) is 6.51. The smallest absolute Gasteiger partial charge is 0.0561 e. The van der Waals surface area contributed by atoms with E-state index in [1.165, 1.54) is 10.4 Å². The van der Waals surface area contributed by atoms with Crippen molar-refractivity contribution in [3.63, 3.8) is 0 Å². The highest BCUT2D eigenvalue weighted by molar-refractivity contribution is 7.10. The van der Waals surface area contributed by atoms with Crippen LogP contribution >= 0.6 is 11.3 Å². The molecule has 0 aromatic carbocycles. The molecule has 2 atom stereocenters. The summed E-state index contributed by atoms with van der Waals surface area (Å²) in [7, 11) is 4.25. The van der Waals surface area contributed by atoms with E-state index in [0.717, 1.165) is 6.54 Å². The topological polar surface area (TPSA) is 28.2 Å². The van der Waals surface area contributed by atoms with Gasteiger partial charge in [-0.05, 0) is 44.1 Å². The van der Waals surface area contributed by atoms with Crippen LogP contribution in [0.5, 0.6) is 0 Å². The van der Waals surface area contributed by atoms with Crippen LogP contribution in [0.15, 0.2) is 42.0 Å². The minimum atomic E-state index is 0.316. The lowest BCUT2D eigenvalue weighted by Crippen LogP contribution is -2.32. The van der Waals surface area contributed by atoms with Gasteiger partial charge in [0.15, 0.2) is 0 Å². The standard InChI is InChI=1S/C15H21N3S/c1-12(13-6-4-8-16-10-13)17-11-14(18(2)3)15-7-5-9-19-15/h4-10,12,14,17H,11H2,1-3H3. The number of pyridine rings is 1. The minimum Gasteiger partial charge on any atom is -0.308 e. The van der Waals surface area contributed by atoms with Gasteiger partial charge in [0.25, 0.3) is 0 Å². The van der Waals surface area contributed by atoms with Crippen molar-refractivity contribution in [2.75, 3.05) is 20.6 Å². The summed E-state index contributed by atoms with van der Waals surface area (Å²) < 4.78 is 0. The first kappa shape index (κ1) is 14.2. The minimum absolute atomic E-state index is 0.316. The Labute approximate surface area is 119 Å². The molecule has 0 saturated carbocycles. The molecule has 2 aromatic heterocycles. The molecule has 19 heavy (non-hydrogen) atoms. The highest BCUT2D eigenvalue weighted by Gasteiger charge is 2.16. The van der Waals surface area contributed by atoms with Gasteiger partial charge in [-0.15, -0.1) is 11.3 Å². The quantitative estimate of drug-likeness (QED) is 0.878. The fraction of sp³-hybridized carbons (Fsp3) is 0.400. The van der Waals surface area contributed by atoms with Gasteiger partial charge < -0.3 is 10.2 Å². The molecule has 0 spiro atoms. The van der Waals surface area contributed by atoms with Crippen molar-refractivity contribution in [2.24, 2.45) is 0 Å². The van der Waals surface area contributed by atoms with E-state index in [2.05, 4.69) is 59.8 Å². The van der Waals surface area contributed by atoms with Crippen LogP contribution in [0.1, 0.15) is 29.4 Å². The van der Waals surface area contributed by atoms with Gasteiger partial charge in [0, 0.05) is 29.9 Å². The van der Waals surface area contributed by atoms with Gasteiger partial charge in [-0.2, -0.15) is 0 Å². The zero-order valence-electron chi connectivity index (χ0n) is 11.7. The van der Waals surface area contributed by atoms with Crippen molar-refractivity contribution < 1.29 is 0 Å². The number of aromatic nitrogens is 1. The SMILES string of the molecule is CC(NCC(c1cccs1)N(C)C)c1cccnc1. The third-order valence-corrected chi connectivity index (χ3v) is 4.27. The Morgan fingerprint density at radius 2 is 2.16 bits per heavy atom. The van der Waals surface area contributed by atoms with Gasteiger partial charge in [0.05, 0.1) is 6.04 Å². The second-order valence-electron chi connectivity index (χ2n) is 4.91. The van der Waals surface area contributed by atoms with Crippen LogP contribution in [-0.2, 0) is 0 Å². The van der Waals surface area contributed by atoms with E-state index in [1.54, 1.807) is 0 Å². The van der Waals surface area contributed by atoms with Gasteiger partial charge in [-0.3, -0.25) is 4.98 Å². The summed E-state index contributed by atoms with van der Waals surface area (Å²) in [5.74, 6) is 0. The second-order valence-corrected chi connectivity index (χ2v) is 5.89. The maximum atomic E-state index is 4.17. The number of hydrogen-bond donors (Lipinski definition) is 1. The maximum absolute atomic E-state index is 4.17. The Bertz CT molecular complexity index is 467. The van der Waals surface area contributed by atoms with Crippen LogP contribution in [0, 0.1) is 0 Å². The first-order valence-corrected chi connectivity index (χ1v) is 7.39. The van der Waals surface area contributed by atoms with Gasteiger partial charge in [0.1, 0.15) is 0 Å². The number of thiophene rings is 1. The molecule has 0 aliphatic rings. The third kappa shape index (κ3) is 3.86. The summed E-state index contributed by atoms with van der Waals surface area (Å²) in [6, 6.07) is 9.14. The third-order valence-electron chi connectivity index (χ3n) is 3.30. The lowest BCUT2D eigenvalue weighted by Gasteiger charge is -2.25. The summed E-state index contributed by atoms with van der Waals surface area (Å²) in [5.41, 5.74) is 1.23. The molecule has 2 rings (SSSR count). The summed E-state index contributed by atoms with van der Waals surface area (Å²) in [4.78, 5) is 7.83. The van der Waals surface area contributed by atoms with E-state index < -0.39 is 0 Å². The predicted octanol–water partition coefficient (Wildman–Crippen LogP) is 3.10. The summed E-state index contributed by atoms with van der Waals surface area (Å²) >= 11 is 1.81. The van der Waals surface area contributed by atoms with Crippen molar-refractivity contribution in [3.8, 4) is 0 Å². The van der Waals surface area contributed by atoms with Crippen molar-refractivity contribution in [2.45, 2.75) is 19.0 Å². The van der Waals surface area contributed by atoms with Crippen LogP contribution in [0.2, 0.25) is 0 Å². The van der Waals surface area contributed by atoms with E-state index in [1.807, 2.05) is 29.8 Å². The number of nitrogens with zero attached hydrogens (tertiary/aromatic N) is 2. The number of nitrogens with one attached hydrogen (secondary N) is 1. The lowest BCUT2D eigenvalue weighted by atomic mass is 10.1. The Balaban J connectivity index is 1.96. The fourth-order valence-corrected chi connectivity index (χ4v) is 2.98. The van der Waals surface area contributed by atoms with E-state index >= 15 is 0 Å². The monoisotopic (exact) mass is 275 g/mol. The Morgan fingerprint density at radius 1 is 1.32 bits per heavy atom. The van der Waals surface area contributed by atoms with E-state index in [9.17, 15) is 0 Å². The van der Waals surface area contributed by atoms with Crippen LogP contribution in [-0.4, -0.2) is 30.5 Å². The molecular weight excluding hydrogens is 254 g/mol. The molecule has 1 N–H and O–H groups in total. The Hall–Kier alpha value is -1.23. The Kier molecular flexibility index (Phi) is 5.07. The molecular formula is C15H21N3S. The largest absolute Gasteiger partial charge is 0.308 e. The molecule has 0 saturated heterocycles. The zero-order valence-corrected chi connectivity index (χ0v) is 12.5.